The zero-order valence-corrected chi connectivity index (χ0v) is 17.2. The van der Waals surface area contributed by atoms with Gasteiger partial charge in [-0.25, -0.2) is 0 Å². The Morgan fingerprint density at radius 3 is 2.38 bits per heavy atom. The number of hydrogen-bond donors (Lipinski definition) is 1. The van der Waals surface area contributed by atoms with Crippen molar-refractivity contribution in [3.63, 3.8) is 0 Å². The zero-order valence-electron chi connectivity index (χ0n) is 16.4. The van der Waals surface area contributed by atoms with Crippen LogP contribution in [-0.4, -0.2) is 42.6 Å². The van der Waals surface area contributed by atoms with Crippen molar-refractivity contribution in [2.75, 3.05) is 19.8 Å². The summed E-state index contributed by atoms with van der Waals surface area (Å²) in [7, 11) is 0. The summed E-state index contributed by atoms with van der Waals surface area (Å²) in [5.41, 5.74) is 0. The molecule has 1 aliphatic carbocycles. The van der Waals surface area contributed by atoms with E-state index in [9.17, 15) is 9.59 Å². The molecule has 0 heterocycles. The second-order valence-corrected chi connectivity index (χ2v) is 7.26. The van der Waals surface area contributed by atoms with E-state index >= 15 is 0 Å². The van der Waals surface area contributed by atoms with E-state index in [1.54, 1.807) is 0 Å². The average Bonchev–Trinajstić information content (AvgIpc) is 2.64. The van der Waals surface area contributed by atoms with Crippen LogP contribution in [0.25, 0.3) is 0 Å². The lowest BCUT2D eigenvalue weighted by Gasteiger charge is -2.22. The fourth-order valence-corrected chi connectivity index (χ4v) is 3.71. The zero-order chi connectivity index (χ0) is 19.2. The molecule has 5 nitrogen and oxygen atoms in total. The fraction of sp³-hybridized carbons (Fsp3) is 0.850. The minimum absolute atomic E-state index is 0.0497. The number of ether oxygens (including phenoxy) is 2. The number of thiocarbonyl (C=S) groups is 1. The highest BCUT2D eigenvalue weighted by molar-refractivity contribution is 7.80. The molecule has 0 aromatic carbocycles. The number of Topliss-reactive ketones (excluding diaryl/α,β-unsaturated/α-hetero) is 1. The first-order chi connectivity index (χ1) is 12.6. The van der Waals surface area contributed by atoms with Gasteiger partial charge in [0.15, 0.2) is 5.05 Å². The first kappa shape index (κ1) is 23.0. The Bertz CT molecular complexity index is 436. The summed E-state index contributed by atoms with van der Waals surface area (Å²) in [5.74, 6) is 0.482. The minimum Gasteiger partial charge on any atom is -0.486 e. The molecule has 6 heteroatoms. The van der Waals surface area contributed by atoms with Gasteiger partial charge in [0.05, 0.1) is 19.3 Å². The van der Waals surface area contributed by atoms with E-state index in [1.807, 2.05) is 13.8 Å². The standard InChI is InChI=1S/C20H35NO4S/c1-3-24-19(23)13-9-8-12-17(20(26)25-4-2)21-15-14-18(22)16-10-6-5-7-11-16/h16-17,21H,3-15H2,1-2H3. The Hall–Kier alpha value is -1.01. The van der Waals surface area contributed by atoms with Crippen LogP contribution in [0.2, 0.25) is 0 Å². The van der Waals surface area contributed by atoms with Crippen molar-refractivity contribution in [3.05, 3.63) is 0 Å². The van der Waals surface area contributed by atoms with Crippen molar-refractivity contribution < 1.29 is 19.1 Å². The summed E-state index contributed by atoms with van der Waals surface area (Å²) in [6.45, 7) is 5.32. The molecule has 1 atom stereocenters. The lowest BCUT2D eigenvalue weighted by atomic mass is 9.85. The molecule has 1 fully saturated rings. The van der Waals surface area contributed by atoms with Crippen LogP contribution in [0.1, 0.15) is 78.1 Å². The molecule has 0 radical (unpaired) electrons. The van der Waals surface area contributed by atoms with E-state index in [4.69, 9.17) is 21.7 Å². The molecule has 0 aromatic heterocycles. The number of unbranched alkanes of at least 4 members (excludes halogenated alkanes) is 1. The number of carbonyl (C=O) groups excluding carboxylic acids is 2. The van der Waals surface area contributed by atoms with Gasteiger partial charge >= 0.3 is 5.97 Å². The van der Waals surface area contributed by atoms with Gasteiger partial charge in [-0.15, -0.1) is 0 Å². The summed E-state index contributed by atoms with van der Waals surface area (Å²) in [4.78, 5) is 23.7. The third kappa shape index (κ3) is 9.62. The van der Waals surface area contributed by atoms with Crippen LogP contribution in [0.15, 0.2) is 0 Å². The molecule has 1 rings (SSSR count). The predicted octanol–water partition coefficient (Wildman–Crippen LogP) is 3.97. The van der Waals surface area contributed by atoms with Gasteiger partial charge in [0, 0.05) is 25.3 Å². The second-order valence-electron chi connectivity index (χ2n) is 6.86. The van der Waals surface area contributed by atoms with Crippen LogP contribution in [0.5, 0.6) is 0 Å². The Morgan fingerprint density at radius 1 is 1.04 bits per heavy atom. The molecular weight excluding hydrogens is 350 g/mol. The highest BCUT2D eigenvalue weighted by atomic mass is 32.1. The van der Waals surface area contributed by atoms with E-state index in [0.717, 1.165) is 32.1 Å². The maximum Gasteiger partial charge on any atom is 0.305 e. The molecule has 1 aliphatic rings. The van der Waals surface area contributed by atoms with Gasteiger partial charge in [0.25, 0.3) is 0 Å². The Balaban J connectivity index is 2.31. The normalized spacial score (nSPS) is 16.1. The van der Waals surface area contributed by atoms with Crippen LogP contribution >= 0.6 is 12.2 Å². The second kappa shape index (κ2) is 14.1. The van der Waals surface area contributed by atoms with E-state index in [-0.39, 0.29) is 17.9 Å². The van der Waals surface area contributed by atoms with Gasteiger partial charge < -0.3 is 14.8 Å². The van der Waals surface area contributed by atoms with Crippen LogP contribution in [0, 0.1) is 5.92 Å². The van der Waals surface area contributed by atoms with Crippen molar-refractivity contribution in [1.82, 2.24) is 5.32 Å². The maximum atomic E-state index is 12.3. The first-order valence-corrected chi connectivity index (χ1v) is 10.6. The molecule has 26 heavy (non-hydrogen) atoms. The average molecular weight is 386 g/mol. The first-order valence-electron chi connectivity index (χ1n) is 10.2. The molecule has 0 aromatic rings. The number of ketones is 1. The molecular formula is C20H35NO4S. The van der Waals surface area contributed by atoms with Crippen molar-refractivity contribution in [2.24, 2.45) is 5.92 Å². The molecule has 0 aliphatic heterocycles. The maximum absolute atomic E-state index is 12.3. The van der Waals surface area contributed by atoms with Gasteiger partial charge in [-0.3, -0.25) is 9.59 Å². The molecule has 1 saturated carbocycles. The van der Waals surface area contributed by atoms with Gasteiger partial charge in [-0.2, -0.15) is 0 Å². The van der Waals surface area contributed by atoms with Crippen LogP contribution in [0.4, 0.5) is 0 Å². The molecule has 0 saturated heterocycles. The quantitative estimate of drug-likeness (QED) is 0.294. The van der Waals surface area contributed by atoms with Gasteiger partial charge in [-0.1, -0.05) is 25.7 Å². The van der Waals surface area contributed by atoms with Crippen LogP contribution in [-0.2, 0) is 19.1 Å². The highest BCUT2D eigenvalue weighted by Gasteiger charge is 2.21. The lowest BCUT2D eigenvalue weighted by molar-refractivity contribution is -0.143. The summed E-state index contributed by atoms with van der Waals surface area (Å²) < 4.78 is 10.4. The molecule has 0 amide bonds. The Morgan fingerprint density at radius 2 is 1.73 bits per heavy atom. The third-order valence-corrected chi connectivity index (χ3v) is 5.23. The molecule has 0 bridgehead atoms. The SMILES string of the molecule is CCOC(=O)CCCCC(NCCC(=O)C1CCCCC1)C(=S)OCC. The van der Waals surface area contributed by atoms with Crippen molar-refractivity contribution >= 4 is 29.0 Å². The number of hydrogen-bond acceptors (Lipinski definition) is 6. The van der Waals surface area contributed by atoms with Gasteiger partial charge in [-0.05, 0) is 51.7 Å². The summed E-state index contributed by atoms with van der Waals surface area (Å²) in [5, 5.41) is 3.93. The Labute approximate surface area is 163 Å². The topological polar surface area (TPSA) is 64.6 Å². The Kier molecular flexibility index (Phi) is 12.5. The number of nitrogens with one attached hydrogen (secondary N) is 1. The molecule has 1 N–H and O–H groups in total. The third-order valence-electron chi connectivity index (χ3n) is 4.82. The number of esters is 1. The minimum atomic E-state index is -0.150. The van der Waals surface area contributed by atoms with Gasteiger partial charge in [0.2, 0.25) is 0 Å². The number of rotatable bonds is 13. The predicted molar refractivity (Wildman–Crippen MR) is 107 cm³/mol. The fourth-order valence-electron chi connectivity index (χ4n) is 3.40. The van der Waals surface area contributed by atoms with E-state index in [1.165, 1.54) is 19.3 Å². The smallest absolute Gasteiger partial charge is 0.305 e. The number of carbonyl (C=O) groups is 2. The molecule has 0 spiro atoms. The van der Waals surface area contributed by atoms with Gasteiger partial charge in [0.1, 0.15) is 5.78 Å². The van der Waals surface area contributed by atoms with E-state index in [2.05, 4.69) is 5.32 Å². The van der Waals surface area contributed by atoms with Crippen molar-refractivity contribution in [1.29, 1.82) is 0 Å². The largest absolute Gasteiger partial charge is 0.486 e. The van der Waals surface area contributed by atoms with E-state index in [0.29, 0.717) is 43.4 Å². The summed E-state index contributed by atoms with van der Waals surface area (Å²) >= 11 is 5.36. The van der Waals surface area contributed by atoms with Crippen LogP contribution < -0.4 is 5.32 Å². The monoisotopic (exact) mass is 385 g/mol. The summed E-state index contributed by atoms with van der Waals surface area (Å²) in [6, 6.07) is -0.0497. The van der Waals surface area contributed by atoms with Crippen molar-refractivity contribution in [2.45, 2.75) is 84.1 Å². The van der Waals surface area contributed by atoms with Crippen LogP contribution in [0.3, 0.4) is 0 Å². The van der Waals surface area contributed by atoms with E-state index < -0.39 is 0 Å². The highest BCUT2D eigenvalue weighted by Crippen LogP contribution is 2.25. The lowest BCUT2D eigenvalue weighted by Crippen LogP contribution is -2.38. The molecule has 150 valence electrons. The van der Waals surface area contributed by atoms with Crippen molar-refractivity contribution in [3.8, 4) is 0 Å². The molecule has 1 unspecified atom stereocenters. The summed E-state index contributed by atoms with van der Waals surface area (Å²) in [6.07, 6.45) is 9.14.